The molecule has 0 aromatic heterocycles. The van der Waals surface area contributed by atoms with E-state index in [0.29, 0.717) is 21.9 Å². The van der Waals surface area contributed by atoms with Crippen LogP contribution >= 0.6 is 23.2 Å². The van der Waals surface area contributed by atoms with Gasteiger partial charge in [0, 0.05) is 17.5 Å². The Hall–Kier alpha value is -0.440. The SMILES string of the molecule is CC(C)C[C@H](Oc1ccc(Cl)cc1Cl)[C@@H]1CCNC1. The molecule has 0 spiro atoms. The molecule has 1 aromatic carbocycles. The van der Waals surface area contributed by atoms with Crippen LogP contribution in [0.25, 0.3) is 0 Å². The summed E-state index contributed by atoms with van der Waals surface area (Å²) in [6.45, 7) is 6.56. The van der Waals surface area contributed by atoms with Crippen molar-refractivity contribution in [1.29, 1.82) is 0 Å². The van der Waals surface area contributed by atoms with Crippen LogP contribution in [0.2, 0.25) is 10.0 Å². The van der Waals surface area contributed by atoms with Crippen molar-refractivity contribution in [2.24, 2.45) is 11.8 Å². The molecule has 0 unspecified atom stereocenters. The molecule has 2 rings (SSSR count). The third kappa shape index (κ3) is 4.27. The number of hydrogen-bond donors (Lipinski definition) is 1. The lowest BCUT2D eigenvalue weighted by Crippen LogP contribution is -2.30. The van der Waals surface area contributed by atoms with Crippen LogP contribution in [0.4, 0.5) is 0 Å². The number of benzene rings is 1. The van der Waals surface area contributed by atoms with Gasteiger partial charge in [0.15, 0.2) is 0 Å². The van der Waals surface area contributed by atoms with E-state index in [1.807, 2.05) is 12.1 Å². The first-order chi connectivity index (χ1) is 9.06. The summed E-state index contributed by atoms with van der Waals surface area (Å²) in [4.78, 5) is 0. The van der Waals surface area contributed by atoms with Crippen LogP contribution in [0, 0.1) is 11.8 Å². The third-order valence-corrected chi connectivity index (χ3v) is 4.03. The highest BCUT2D eigenvalue weighted by Crippen LogP contribution is 2.31. The van der Waals surface area contributed by atoms with Crippen LogP contribution in [0.1, 0.15) is 26.7 Å². The Bertz CT molecular complexity index is 417. The van der Waals surface area contributed by atoms with E-state index in [1.54, 1.807) is 6.07 Å². The number of rotatable bonds is 5. The van der Waals surface area contributed by atoms with Crippen molar-refractivity contribution in [2.75, 3.05) is 13.1 Å². The van der Waals surface area contributed by atoms with E-state index in [2.05, 4.69) is 19.2 Å². The maximum atomic E-state index is 6.19. The molecule has 1 fully saturated rings. The van der Waals surface area contributed by atoms with Crippen LogP contribution in [0.5, 0.6) is 5.75 Å². The van der Waals surface area contributed by atoms with Crippen LogP contribution in [0.3, 0.4) is 0 Å². The maximum Gasteiger partial charge on any atom is 0.138 e. The monoisotopic (exact) mass is 301 g/mol. The fourth-order valence-electron chi connectivity index (χ4n) is 2.53. The van der Waals surface area contributed by atoms with E-state index in [1.165, 1.54) is 6.42 Å². The molecule has 0 aliphatic carbocycles. The van der Waals surface area contributed by atoms with Crippen molar-refractivity contribution in [3.63, 3.8) is 0 Å². The average molecular weight is 302 g/mol. The van der Waals surface area contributed by atoms with E-state index < -0.39 is 0 Å². The first-order valence-corrected chi connectivity index (χ1v) is 7.64. The van der Waals surface area contributed by atoms with Gasteiger partial charge in [-0.05, 0) is 43.5 Å². The summed E-state index contributed by atoms with van der Waals surface area (Å²) in [5, 5.41) is 4.63. The lowest BCUT2D eigenvalue weighted by molar-refractivity contribution is 0.119. The zero-order valence-corrected chi connectivity index (χ0v) is 13.0. The Morgan fingerprint density at radius 1 is 1.37 bits per heavy atom. The third-order valence-electron chi connectivity index (χ3n) is 3.50. The van der Waals surface area contributed by atoms with Gasteiger partial charge in [-0.1, -0.05) is 37.0 Å². The minimum Gasteiger partial charge on any atom is -0.489 e. The molecule has 0 saturated carbocycles. The summed E-state index contributed by atoms with van der Waals surface area (Å²) < 4.78 is 6.16. The van der Waals surface area contributed by atoms with Crippen molar-refractivity contribution < 1.29 is 4.74 Å². The van der Waals surface area contributed by atoms with Gasteiger partial charge in [0.25, 0.3) is 0 Å². The number of nitrogens with one attached hydrogen (secondary N) is 1. The molecule has 1 aliphatic heterocycles. The lowest BCUT2D eigenvalue weighted by atomic mass is 9.93. The molecule has 4 heteroatoms. The molecule has 1 N–H and O–H groups in total. The second-order valence-corrected chi connectivity index (χ2v) is 6.46. The van der Waals surface area contributed by atoms with E-state index in [0.717, 1.165) is 25.3 Å². The number of halogens is 2. The Balaban J connectivity index is 2.09. The number of hydrogen-bond acceptors (Lipinski definition) is 2. The predicted molar refractivity (Wildman–Crippen MR) is 81.3 cm³/mol. The molecular formula is C15H21Cl2NO. The standard InChI is InChI=1S/C15H21Cl2NO/c1-10(2)7-15(11-5-6-18-9-11)19-14-4-3-12(16)8-13(14)17/h3-4,8,10-11,15,18H,5-7,9H2,1-2H3/t11-,15+/m1/s1. The molecule has 1 heterocycles. The lowest BCUT2D eigenvalue weighted by Gasteiger charge is -2.26. The predicted octanol–water partition coefficient (Wildman–Crippen LogP) is 4.40. The zero-order valence-electron chi connectivity index (χ0n) is 11.5. The van der Waals surface area contributed by atoms with Gasteiger partial charge in [-0.25, -0.2) is 0 Å². The van der Waals surface area contributed by atoms with Crippen LogP contribution < -0.4 is 10.1 Å². The van der Waals surface area contributed by atoms with E-state index in [-0.39, 0.29) is 6.10 Å². The van der Waals surface area contributed by atoms with Crippen molar-refractivity contribution in [3.05, 3.63) is 28.2 Å². The normalized spacial score (nSPS) is 20.8. The van der Waals surface area contributed by atoms with Gasteiger partial charge < -0.3 is 10.1 Å². The number of ether oxygens (including phenoxy) is 1. The maximum absolute atomic E-state index is 6.19. The van der Waals surface area contributed by atoms with Crippen molar-refractivity contribution in [2.45, 2.75) is 32.8 Å². The smallest absolute Gasteiger partial charge is 0.138 e. The van der Waals surface area contributed by atoms with Crippen LogP contribution in [0.15, 0.2) is 18.2 Å². The zero-order chi connectivity index (χ0) is 13.8. The van der Waals surface area contributed by atoms with Gasteiger partial charge in [0.05, 0.1) is 5.02 Å². The molecule has 0 radical (unpaired) electrons. The highest BCUT2D eigenvalue weighted by molar-refractivity contribution is 6.35. The fraction of sp³-hybridized carbons (Fsp3) is 0.600. The second-order valence-electron chi connectivity index (χ2n) is 5.61. The topological polar surface area (TPSA) is 21.3 Å². The molecule has 0 bridgehead atoms. The van der Waals surface area contributed by atoms with Crippen LogP contribution in [-0.4, -0.2) is 19.2 Å². The van der Waals surface area contributed by atoms with Gasteiger partial charge in [-0.3, -0.25) is 0 Å². The summed E-state index contributed by atoms with van der Waals surface area (Å²) in [7, 11) is 0. The van der Waals surface area contributed by atoms with Gasteiger partial charge in [-0.15, -0.1) is 0 Å². The highest BCUT2D eigenvalue weighted by atomic mass is 35.5. The van der Waals surface area contributed by atoms with E-state index >= 15 is 0 Å². The Morgan fingerprint density at radius 2 is 2.16 bits per heavy atom. The quantitative estimate of drug-likeness (QED) is 0.870. The van der Waals surface area contributed by atoms with Gasteiger partial charge in [-0.2, -0.15) is 0 Å². The molecule has 2 nitrogen and oxygen atoms in total. The molecule has 1 aromatic rings. The van der Waals surface area contributed by atoms with E-state index in [9.17, 15) is 0 Å². The summed E-state index contributed by atoms with van der Waals surface area (Å²) in [6, 6.07) is 5.42. The molecule has 1 saturated heterocycles. The van der Waals surface area contributed by atoms with Gasteiger partial charge in [0.1, 0.15) is 11.9 Å². The average Bonchev–Trinajstić information content (AvgIpc) is 2.84. The summed E-state index contributed by atoms with van der Waals surface area (Å²) >= 11 is 12.1. The van der Waals surface area contributed by atoms with Crippen molar-refractivity contribution >= 4 is 23.2 Å². The summed E-state index contributed by atoms with van der Waals surface area (Å²) in [6.07, 6.45) is 2.43. The summed E-state index contributed by atoms with van der Waals surface area (Å²) in [5.74, 6) is 1.91. The first-order valence-electron chi connectivity index (χ1n) is 6.88. The molecule has 19 heavy (non-hydrogen) atoms. The van der Waals surface area contributed by atoms with Gasteiger partial charge >= 0.3 is 0 Å². The van der Waals surface area contributed by atoms with Crippen LogP contribution in [-0.2, 0) is 0 Å². The van der Waals surface area contributed by atoms with Crippen molar-refractivity contribution in [1.82, 2.24) is 5.32 Å². The van der Waals surface area contributed by atoms with E-state index in [4.69, 9.17) is 27.9 Å². The Kier molecular flexibility index (Phi) is 5.37. The fourth-order valence-corrected chi connectivity index (χ4v) is 2.98. The Labute approximate surface area is 125 Å². The summed E-state index contributed by atoms with van der Waals surface area (Å²) in [5.41, 5.74) is 0. The second kappa shape index (κ2) is 6.83. The molecule has 1 aliphatic rings. The van der Waals surface area contributed by atoms with Gasteiger partial charge in [0.2, 0.25) is 0 Å². The van der Waals surface area contributed by atoms with Crippen molar-refractivity contribution in [3.8, 4) is 5.75 Å². The molecular weight excluding hydrogens is 281 g/mol. The molecule has 2 atom stereocenters. The minimum atomic E-state index is 0.216. The minimum absolute atomic E-state index is 0.216. The highest BCUT2D eigenvalue weighted by Gasteiger charge is 2.27. The molecule has 106 valence electrons. The Morgan fingerprint density at radius 3 is 2.74 bits per heavy atom. The molecule has 0 amide bonds. The first kappa shape index (κ1) is 15.0. The largest absolute Gasteiger partial charge is 0.489 e.